The molecule has 22 heavy (non-hydrogen) atoms. The largest absolute Gasteiger partial charge is 0.412 e. The summed E-state index contributed by atoms with van der Waals surface area (Å²) < 4.78 is 17.0. The van der Waals surface area contributed by atoms with Gasteiger partial charge in [0, 0.05) is 0 Å². The minimum Gasteiger partial charge on any atom is -0.412 e. The van der Waals surface area contributed by atoms with Gasteiger partial charge in [-0.05, 0) is 0 Å². The van der Waals surface area contributed by atoms with Gasteiger partial charge in [-0.25, -0.2) is 0 Å². The topological polar surface area (TPSA) is 67.0 Å². The normalized spacial score (nSPS) is 12.9. The zero-order valence-corrected chi connectivity index (χ0v) is 21.2. The van der Waals surface area contributed by atoms with Gasteiger partial charge in [0.05, 0.1) is 0 Å². The summed E-state index contributed by atoms with van der Waals surface area (Å²) >= 11 is -4.87. The Morgan fingerprint density at radius 1 is 1.05 bits per heavy atom. The molecule has 0 rings (SSSR count). The summed E-state index contributed by atoms with van der Waals surface area (Å²) in [7, 11) is 0. The van der Waals surface area contributed by atoms with Gasteiger partial charge in [-0.1, -0.05) is 0 Å². The monoisotopic (exact) mass is 533 g/mol. The maximum atomic E-state index is 12.5. The Morgan fingerprint density at radius 2 is 1.59 bits per heavy atom. The van der Waals surface area contributed by atoms with E-state index in [2.05, 4.69) is 41.5 Å². The molecule has 6 heteroatoms. The molecule has 4 nitrogen and oxygen atoms in total. The molecule has 0 bridgehead atoms. The second kappa shape index (κ2) is 14.3. The second-order valence-corrected chi connectivity index (χ2v) is 27.1. The van der Waals surface area contributed by atoms with Crippen molar-refractivity contribution < 1.29 is 14.8 Å². The van der Waals surface area contributed by atoms with Crippen molar-refractivity contribution >= 4 is 45.3 Å². The maximum absolute atomic E-state index is 12.5. The van der Waals surface area contributed by atoms with Gasteiger partial charge in [0.25, 0.3) is 0 Å². The van der Waals surface area contributed by atoms with Crippen molar-refractivity contribution in [3.05, 3.63) is 0 Å². The standard InChI is InChI=1S/C8H16O2.4C2H5.H2O.O.2Sn/c1-3-5-6-7(4-2)8(9)10;4*1-2;;;;/h7H,3-6H2,1-2H3,(H,9,10);4*1H2,2H3;1H2;;;/q;;;;;;;;+1/p-1. The molecule has 0 fully saturated rings. The fourth-order valence-corrected chi connectivity index (χ4v) is 32.8. The summed E-state index contributed by atoms with van der Waals surface area (Å²) in [6.45, 7) is 13.1. The Balaban J connectivity index is 0. The number of carbonyl (C=O) groups excluding carboxylic acids is 1. The Hall–Kier alpha value is 0.987. The van der Waals surface area contributed by atoms with Crippen LogP contribution in [0.1, 0.15) is 67.2 Å². The summed E-state index contributed by atoms with van der Waals surface area (Å²) in [5.41, 5.74) is 0. The van der Waals surface area contributed by atoms with Gasteiger partial charge in [0.15, 0.2) is 0 Å². The van der Waals surface area contributed by atoms with Gasteiger partial charge in [0.2, 0.25) is 0 Å². The van der Waals surface area contributed by atoms with E-state index in [-0.39, 0.29) is 17.4 Å². The first kappa shape index (κ1) is 25.2. The number of hydrogen-bond acceptors (Lipinski definition) is 3. The van der Waals surface area contributed by atoms with Crippen molar-refractivity contribution in [2.75, 3.05) is 0 Å². The van der Waals surface area contributed by atoms with E-state index in [0.717, 1.165) is 34.6 Å². The van der Waals surface area contributed by atoms with Crippen LogP contribution in [-0.2, 0) is 9.28 Å². The van der Waals surface area contributed by atoms with Crippen LogP contribution in [0.4, 0.5) is 0 Å². The Morgan fingerprint density at radius 3 is 1.95 bits per heavy atom. The molecular weight excluding hydrogens is 494 g/mol. The molecule has 0 saturated carbocycles. The first-order valence-electron chi connectivity index (χ1n) is 8.78. The molecule has 2 N–H and O–H groups in total. The fraction of sp³-hybridized carbons (Fsp3) is 0.938. The van der Waals surface area contributed by atoms with Gasteiger partial charge in [-0.3, -0.25) is 0 Å². The summed E-state index contributed by atoms with van der Waals surface area (Å²) in [5, 5.41) is 0. The van der Waals surface area contributed by atoms with Gasteiger partial charge >= 0.3 is 146 Å². The van der Waals surface area contributed by atoms with Crippen LogP contribution in [0.2, 0.25) is 17.7 Å². The molecule has 1 radical (unpaired) electrons. The summed E-state index contributed by atoms with van der Waals surface area (Å²) in [6, 6.07) is 0. The van der Waals surface area contributed by atoms with E-state index < -0.39 is 39.4 Å². The summed E-state index contributed by atoms with van der Waals surface area (Å²) in [4.78, 5) is 12.5. The van der Waals surface area contributed by atoms with Gasteiger partial charge < -0.3 is 5.48 Å². The number of rotatable bonds is 12. The van der Waals surface area contributed by atoms with E-state index in [1.54, 1.807) is 0 Å². The number of carbonyl (C=O) groups is 1. The van der Waals surface area contributed by atoms with Crippen molar-refractivity contribution in [1.29, 1.82) is 0 Å². The maximum Gasteiger partial charge on any atom is -0.412 e. The van der Waals surface area contributed by atoms with Gasteiger partial charge in [-0.15, -0.1) is 0 Å². The quantitative estimate of drug-likeness (QED) is 0.350. The van der Waals surface area contributed by atoms with Crippen LogP contribution in [-0.4, -0.2) is 50.8 Å². The SMILES string of the molecule is CCCCC(CC)C(=O)[O][Sn]([CH2]C)([CH2]C)[O][Sn]([CH2]C)[CH2]C.O. The third kappa shape index (κ3) is 8.73. The zero-order valence-electron chi connectivity index (χ0n) is 15.5. The van der Waals surface area contributed by atoms with Crippen LogP contribution >= 0.6 is 0 Å². The summed E-state index contributed by atoms with van der Waals surface area (Å²) in [6.07, 6.45) is 4.11. The molecule has 0 aliphatic carbocycles. The third-order valence-corrected chi connectivity index (χ3v) is 31.0. The Kier molecular flexibility index (Phi) is 16.4. The molecule has 0 heterocycles. The predicted octanol–water partition coefficient (Wildman–Crippen LogP) is 4.45. The zero-order chi connectivity index (χ0) is 16.3. The number of hydrogen-bond donors (Lipinski definition) is 0. The molecule has 0 amide bonds. The molecule has 0 aliphatic rings. The van der Waals surface area contributed by atoms with Gasteiger partial charge in [0.1, 0.15) is 0 Å². The molecule has 0 spiro atoms. The predicted molar refractivity (Wildman–Crippen MR) is 97.5 cm³/mol. The van der Waals surface area contributed by atoms with Crippen LogP contribution in [0.15, 0.2) is 0 Å². The van der Waals surface area contributed by atoms with E-state index in [1.807, 2.05) is 0 Å². The summed E-state index contributed by atoms with van der Waals surface area (Å²) in [5.74, 6) is 0.124. The molecular formula is C16H37O4Sn2. The molecule has 0 aromatic carbocycles. The average Bonchev–Trinajstić information content (AvgIpc) is 2.52. The molecule has 0 aliphatic heterocycles. The smallest absolute Gasteiger partial charge is 0.412 e. The second-order valence-electron chi connectivity index (χ2n) is 5.63. The van der Waals surface area contributed by atoms with Crippen molar-refractivity contribution in [3.63, 3.8) is 0 Å². The van der Waals surface area contributed by atoms with Crippen LogP contribution < -0.4 is 0 Å². The van der Waals surface area contributed by atoms with E-state index in [0.29, 0.717) is 0 Å². The van der Waals surface area contributed by atoms with Crippen LogP contribution in [0.3, 0.4) is 0 Å². The first-order chi connectivity index (χ1) is 10.0. The van der Waals surface area contributed by atoms with E-state index >= 15 is 0 Å². The van der Waals surface area contributed by atoms with E-state index in [4.69, 9.17) is 4.49 Å². The van der Waals surface area contributed by atoms with E-state index in [1.165, 1.54) is 8.87 Å². The Labute approximate surface area is 150 Å². The van der Waals surface area contributed by atoms with Crippen molar-refractivity contribution in [2.45, 2.75) is 85.0 Å². The minimum atomic E-state index is -3.13. The van der Waals surface area contributed by atoms with Crippen LogP contribution in [0.5, 0.6) is 0 Å². The third-order valence-electron chi connectivity index (χ3n) is 4.22. The van der Waals surface area contributed by atoms with Gasteiger partial charge in [-0.2, -0.15) is 0 Å². The van der Waals surface area contributed by atoms with Crippen molar-refractivity contribution in [1.82, 2.24) is 0 Å². The minimum absolute atomic E-state index is 0. The molecule has 0 saturated heterocycles. The number of unbranched alkanes of at least 4 members (excludes halogenated alkanes) is 1. The Bertz CT molecular complexity index is 279. The molecule has 1 unspecified atom stereocenters. The average molecular weight is 531 g/mol. The molecule has 1 atom stereocenters. The molecule has 0 aromatic rings. The molecule has 0 aromatic heterocycles. The van der Waals surface area contributed by atoms with Crippen molar-refractivity contribution in [2.24, 2.45) is 5.92 Å². The van der Waals surface area contributed by atoms with Crippen LogP contribution in [0.25, 0.3) is 0 Å². The van der Waals surface area contributed by atoms with E-state index in [9.17, 15) is 4.79 Å². The van der Waals surface area contributed by atoms with Crippen LogP contribution in [0, 0.1) is 5.92 Å². The first-order valence-corrected chi connectivity index (χ1v) is 20.4. The molecule has 133 valence electrons. The van der Waals surface area contributed by atoms with Crippen molar-refractivity contribution in [3.8, 4) is 0 Å². The fourth-order valence-electron chi connectivity index (χ4n) is 2.42.